The number of carbonyl (C=O) groups is 1. The molecule has 6 heteroatoms. The number of nitrogens with zero attached hydrogens (tertiary/aromatic N) is 3. The van der Waals surface area contributed by atoms with Crippen LogP contribution in [0.5, 0.6) is 11.5 Å². The number of aryl methyl sites for hydroxylation is 3. The van der Waals surface area contributed by atoms with Gasteiger partial charge in [-0.2, -0.15) is 0 Å². The average Bonchev–Trinajstić information content (AvgIpc) is 3.45. The molecule has 1 fully saturated rings. The van der Waals surface area contributed by atoms with Gasteiger partial charge < -0.3 is 18.9 Å². The number of imidazole rings is 1. The van der Waals surface area contributed by atoms with E-state index in [1.165, 1.54) is 11.1 Å². The van der Waals surface area contributed by atoms with E-state index in [4.69, 9.17) is 9.47 Å². The highest BCUT2D eigenvalue weighted by molar-refractivity contribution is 5.99. The smallest absolute Gasteiger partial charge is 0.250 e. The van der Waals surface area contributed by atoms with E-state index in [9.17, 15) is 4.79 Å². The first-order valence-corrected chi connectivity index (χ1v) is 11.9. The normalized spacial score (nSPS) is 18.9. The molecule has 2 aliphatic rings. The van der Waals surface area contributed by atoms with Gasteiger partial charge >= 0.3 is 0 Å². The number of ether oxygens (including phenoxy) is 2. The Bertz CT molecular complexity index is 1270. The quantitative estimate of drug-likeness (QED) is 0.494. The first-order valence-electron chi connectivity index (χ1n) is 11.9. The van der Waals surface area contributed by atoms with E-state index in [-0.39, 0.29) is 11.9 Å². The molecule has 1 saturated heterocycles. The molecule has 1 aliphatic carbocycles. The minimum atomic E-state index is 0.0830. The summed E-state index contributed by atoms with van der Waals surface area (Å²) in [7, 11) is 3.31. The first-order chi connectivity index (χ1) is 16.5. The van der Waals surface area contributed by atoms with Crippen molar-refractivity contribution in [2.45, 2.75) is 45.6 Å². The number of benzene rings is 2. The Morgan fingerprint density at radius 1 is 1.06 bits per heavy atom. The molecule has 176 valence electrons. The summed E-state index contributed by atoms with van der Waals surface area (Å²) in [6, 6.07) is 10.5. The Morgan fingerprint density at radius 2 is 1.85 bits per heavy atom. The van der Waals surface area contributed by atoms with Crippen LogP contribution in [0.25, 0.3) is 11.8 Å². The Labute approximate surface area is 200 Å². The first kappa shape index (κ1) is 22.3. The van der Waals surface area contributed by atoms with Gasteiger partial charge in [0.1, 0.15) is 0 Å². The zero-order chi connectivity index (χ0) is 23.8. The van der Waals surface area contributed by atoms with Crippen LogP contribution in [0.15, 0.2) is 48.4 Å². The number of rotatable bonds is 5. The third-order valence-electron chi connectivity index (χ3n) is 7.00. The Balaban J connectivity index is 1.40. The van der Waals surface area contributed by atoms with Crippen LogP contribution >= 0.6 is 0 Å². The molecule has 2 aromatic carbocycles. The van der Waals surface area contributed by atoms with Crippen LogP contribution in [-0.4, -0.2) is 41.1 Å². The fourth-order valence-electron chi connectivity index (χ4n) is 5.31. The van der Waals surface area contributed by atoms with Crippen molar-refractivity contribution in [3.63, 3.8) is 0 Å². The minimum Gasteiger partial charge on any atom is -0.493 e. The number of fused-ring (bicyclic) bond motifs is 1. The summed E-state index contributed by atoms with van der Waals surface area (Å²) < 4.78 is 13.0. The summed E-state index contributed by atoms with van der Waals surface area (Å²) >= 11 is 0. The second kappa shape index (κ2) is 9.01. The molecular weight excluding hydrogens is 426 g/mol. The zero-order valence-electron chi connectivity index (χ0n) is 20.3. The lowest BCUT2D eigenvalue weighted by atomic mass is 9.96. The summed E-state index contributed by atoms with van der Waals surface area (Å²) in [5.41, 5.74) is 7.61. The molecular formula is C28H31N3O3. The van der Waals surface area contributed by atoms with Crippen molar-refractivity contribution in [3.05, 3.63) is 76.4 Å². The Morgan fingerprint density at radius 3 is 2.56 bits per heavy atom. The Hall–Kier alpha value is -3.54. The topological polar surface area (TPSA) is 56.6 Å². The predicted molar refractivity (Wildman–Crippen MR) is 133 cm³/mol. The summed E-state index contributed by atoms with van der Waals surface area (Å²) in [4.78, 5) is 20.0. The van der Waals surface area contributed by atoms with Crippen LogP contribution in [0.3, 0.4) is 0 Å². The van der Waals surface area contributed by atoms with E-state index in [0.717, 1.165) is 71.8 Å². The fourth-order valence-corrected chi connectivity index (χ4v) is 5.31. The number of hydrogen-bond donors (Lipinski definition) is 0. The number of methoxy groups -OCH3 is 2. The molecule has 1 aromatic heterocycles. The fraction of sp³-hybridized carbons (Fsp3) is 0.357. The molecule has 34 heavy (non-hydrogen) atoms. The van der Waals surface area contributed by atoms with Crippen LogP contribution < -0.4 is 9.47 Å². The molecule has 1 amide bonds. The van der Waals surface area contributed by atoms with Gasteiger partial charge in [0.05, 0.1) is 32.3 Å². The van der Waals surface area contributed by atoms with Gasteiger partial charge in [0.25, 0.3) is 0 Å². The molecule has 3 aromatic rings. The molecule has 1 atom stereocenters. The molecule has 0 unspecified atom stereocenters. The van der Waals surface area contributed by atoms with E-state index < -0.39 is 0 Å². The molecule has 5 rings (SSSR count). The molecule has 0 radical (unpaired) electrons. The molecule has 0 bridgehead atoms. The van der Waals surface area contributed by atoms with Crippen molar-refractivity contribution in [2.75, 3.05) is 20.8 Å². The van der Waals surface area contributed by atoms with E-state index in [2.05, 4.69) is 53.2 Å². The number of hydrogen-bond acceptors (Lipinski definition) is 4. The summed E-state index contributed by atoms with van der Waals surface area (Å²) in [5.74, 6) is 1.61. The minimum absolute atomic E-state index is 0.0830. The third-order valence-corrected chi connectivity index (χ3v) is 7.00. The summed E-state index contributed by atoms with van der Waals surface area (Å²) in [6.45, 7) is 4.87. The lowest BCUT2D eigenvalue weighted by Gasteiger charge is -2.34. The van der Waals surface area contributed by atoms with Crippen LogP contribution in [-0.2, 0) is 11.2 Å². The van der Waals surface area contributed by atoms with Crippen LogP contribution in [0.4, 0.5) is 0 Å². The SMILES string of the molecule is COc1cc2c(cc1OC)[C@@H](N1CCC/C(=C\c3ccc(-n4cnc(C)c4)c(C)c3)C1=O)CC2. The van der Waals surface area contributed by atoms with Crippen molar-refractivity contribution in [1.82, 2.24) is 14.5 Å². The number of likely N-dealkylation sites (tertiary alicyclic amines) is 1. The number of aromatic nitrogens is 2. The van der Waals surface area contributed by atoms with Crippen LogP contribution in [0, 0.1) is 13.8 Å². The maximum absolute atomic E-state index is 13.6. The second-order valence-electron chi connectivity index (χ2n) is 9.20. The van der Waals surface area contributed by atoms with Crippen molar-refractivity contribution in [2.24, 2.45) is 0 Å². The maximum atomic E-state index is 13.6. The van der Waals surface area contributed by atoms with Crippen LogP contribution in [0.2, 0.25) is 0 Å². The van der Waals surface area contributed by atoms with Crippen LogP contribution in [0.1, 0.15) is 53.3 Å². The lowest BCUT2D eigenvalue weighted by Crippen LogP contribution is -2.39. The molecule has 0 saturated carbocycles. The van der Waals surface area contributed by atoms with E-state index in [0.29, 0.717) is 0 Å². The van der Waals surface area contributed by atoms with Gasteiger partial charge in [-0.3, -0.25) is 4.79 Å². The second-order valence-corrected chi connectivity index (χ2v) is 9.20. The van der Waals surface area contributed by atoms with E-state index in [1.54, 1.807) is 14.2 Å². The molecule has 2 heterocycles. The zero-order valence-corrected chi connectivity index (χ0v) is 20.3. The Kier molecular flexibility index (Phi) is 5.90. The summed E-state index contributed by atoms with van der Waals surface area (Å²) in [5, 5.41) is 0. The number of carbonyl (C=O) groups excluding carboxylic acids is 1. The third kappa shape index (κ3) is 3.98. The van der Waals surface area contributed by atoms with E-state index in [1.807, 2.05) is 24.0 Å². The molecule has 1 aliphatic heterocycles. The van der Waals surface area contributed by atoms with Crippen molar-refractivity contribution < 1.29 is 14.3 Å². The van der Waals surface area contributed by atoms with Crippen molar-refractivity contribution >= 4 is 12.0 Å². The lowest BCUT2D eigenvalue weighted by molar-refractivity contribution is -0.131. The monoisotopic (exact) mass is 457 g/mol. The largest absolute Gasteiger partial charge is 0.493 e. The maximum Gasteiger partial charge on any atom is 0.250 e. The number of amides is 1. The molecule has 0 N–H and O–H groups in total. The van der Waals surface area contributed by atoms with Gasteiger partial charge in [-0.1, -0.05) is 6.07 Å². The number of piperidine rings is 1. The predicted octanol–water partition coefficient (Wildman–Crippen LogP) is 5.20. The van der Waals surface area contributed by atoms with Gasteiger partial charge in [-0.05, 0) is 92.1 Å². The molecule has 6 nitrogen and oxygen atoms in total. The molecule has 0 spiro atoms. The standard InChI is InChI=1S/C28H31N3O3/c1-18-12-20(7-9-24(18)30-16-19(2)29-17-30)13-22-6-5-11-31(28(22)32)25-10-8-21-14-26(33-3)27(34-4)15-23(21)25/h7,9,12-17,25H,5-6,8,10-11H2,1-4H3/b22-13+/t25-/m0/s1. The summed E-state index contributed by atoms with van der Waals surface area (Å²) in [6.07, 6.45) is 9.58. The van der Waals surface area contributed by atoms with E-state index >= 15 is 0 Å². The van der Waals surface area contributed by atoms with Crippen molar-refractivity contribution in [3.8, 4) is 17.2 Å². The van der Waals surface area contributed by atoms with Gasteiger partial charge in [-0.15, -0.1) is 0 Å². The van der Waals surface area contributed by atoms with Gasteiger partial charge in [-0.25, -0.2) is 4.98 Å². The van der Waals surface area contributed by atoms with Gasteiger partial charge in [0.15, 0.2) is 11.5 Å². The average molecular weight is 458 g/mol. The van der Waals surface area contributed by atoms with Crippen molar-refractivity contribution in [1.29, 1.82) is 0 Å². The van der Waals surface area contributed by atoms with Gasteiger partial charge in [0.2, 0.25) is 5.91 Å². The highest BCUT2D eigenvalue weighted by Gasteiger charge is 2.35. The highest BCUT2D eigenvalue weighted by Crippen LogP contribution is 2.43. The van der Waals surface area contributed by atoms with Gasteiger partial charge in [0, 0.05) is 24.0 Å². The highest BCUT2D eigenvalue weighted by atomic mass is 16.5.